The Hall–Kier alpha value is -0.950. The van der Waals surface area contributed by atoms with Crippen LogP contribution in [0.15, 0.2) is 21.9 Å². The Labute approximate surface area is 115 Å². The quantitative estimate of drug-likeness (QED) is 0.680. The first-order valence-corrected chi connectivity index (χ1v) is 7.60. The molecule has 0 atom stereocenters. The van der Waals surface area contributed by atoms with Crippen LogP contribution in [0.4, 0.5) is 13.2 Å². The number of aliphatic hydroxyl groups is 1. The van der Waals surface area contributed by atoms with Gasteiger partial charge in [0.05, 0.1) is 23.1 Å². The van der Waals surface area contributed by atoms with Gasteiger partial charge < -0.3 is 5.11 Å². The van der Waals surface area contributed by atoms with Crippen molar-refractivity contribution in [2.45, 2.75) is 21.9 Å². The molecule has 0 saturated carbocycles. The second-order valence-corrected chi connectivity index (χ2v) is 6.78. The molecule has 1 rings (SSSR count). The Morgan fingerprint density at radius 1 is 1.42 bits per heavy atom. The number of benzene rings is 1. The van der Waals surface area contributed by atoms with Gasteiger partial charge in [-0.25, -0.2) is 8.42 Å². The summed E-state index contributed by atoms with van der Waals surface area (Å²) in [4.78, 5) is -1.58. The van der Waals surface area contributed by atoms with Gasteiger partial charge in [0.1, 0.15) is 0 Å². The average Bonchev–Trinajstić information content (AvgIpc) is 2.24. The molecule has 1 aromatic carbocycles. The highest BCUT2D eigenvalue weighted by Gasteiger charge is 2.34. The predicted molar refractivity (Wildman–Crippen MR) is 62.0 cm³/mol. The zero-order valence-electron chi connectivity index (χ0n) is 8.90. The minimum Gasteiger partial charge on any atom is -0.392 e. The van der Waals surface area contributed by atoms with E-state index in [0.29, 0.717) is 0 Å². The molecule has 0 aromatic heterocycles. The standard InChI is InChI=1S/C9H5ClF3NO3S2/c10-19(16,17)7-2-1-5(3-14)6(4-15)8(7)18-9(11,12)13/h1-2,15H,4H2. The summed E-state index contributed by atoms with van der Waals surface area (Å²) in [5.41, 5.74) is -5.46. The van der Waals surface area contributed by atoms with Crippen molar-refractivity contribution in [3.8, 4) is 6.07 Å². The third kappa shape index (κ3) is 4.01. The van der Waals surface area contributed by atoms with Crippen molar-refractivity contribution >= 4 is 31.5 Å². The Kier molecular flexibility index (Phi) is 4.73. The fourth-order valence-electron chi connectivity index (χ4n) is 1.29. The van der Waals surface area contributed by atoms with Crippen molar-refractivity contribution in [2.75, 3.05) is 0 Å². The van der Waals surface area contributed by atoms with Crippen LogP contribution in [0.1, 0.15) is 11.1 Å². The number of alkyl halides is 3. The number of rotatable bonds is 3. The first-order chi connectivity index (χ1) is 8.60. The number of nitrogens with zero attached hydrogens (tertiary/aromatic N) is 1. The summed E-state index contributed by atoms with van der Waals surface area (Å²) in [6, 6.07) is 3.36. The molecule has 0 unspecified atom stereocenters. The van der Waals surface area contributed by atoms with Crippen molar-refractivity contribution in [3.05, 3.63) is 23.3 Å². The molecule has 0 radical (unpaired) electrons. The third-order valence-electron chi connectivity index (χ3n) is 1.98. The summed E-state index contributed by atoms with van der Waals surface area (Å²) in [5.74, 6) is 0. The van der Waals surface area contributed by atoms with Gasteiger partial charge in [-0.3, -0.25) is 0 Å². The number of aliphatic hydroxyl groups excluding tert-OH is 1. The molecule has 1 N–H and O–H groups in total. The summed E-state index contributed by atoms with van der Waals surface area (Å²) in [5, 5.41) is 17.8. The van der Waals surface area contributed by atoms with Gasteiger partial charge in [-0.2, -0.15) is 18.4 Å². The minimum absolute atomic E-state index is 0.252. The van der Waals surface area contributed by atoms with E-state index in [0.717, 1.165) is 12.1 Å². The van der Waals surface area contributed by atoms with Crippen LogP contribution in [0.25, 0.3) is 0 Å². The lowest BCUT2D eigenvalue weighted by Crippen LogP contribution is -2.07. The maximum atomic E-state index is 12.4. The Morgan fingerprint density at radius 2 is 2.00 bits per heavy atom. The van der Waals surface area contributed by atoms with Crippen molar-refractivity contribution in [2.24, 2.45) is 0 Å². The molecule has 4 nitrogen and oxygen atoms in total. The van der Waals surface area contributed by atoms with Gasteiger partial charge in [0, 0.05) is 21.1 Å². The van der Waals surface area contributed by atoms with Gasteiger partial charge in [0.25, 0.3) is 9.05 Å². The third-order valence-corrected chi connectivity index (χ3v) is 4.38. The molecule has 104 valence electrons. The monoisotopic (exact) mass is 331 g/mol. The first kappa shape index (κ1) is 16.1. The Morgan fingerprint density at radius 3 is 2.37 bits per heavy atom. The highest BCUT2D eigenvalue weighted by atomic mass is 35.7. The maximum Gasteiger partial charge on any atom is 0.446 e. The number of nitriles is 1. The van der Waals surface area contributed by atoms with Crippen molar-refractivity contribution in [3.63, 3.8) is 0 Å². The lowest BCUT2D eigenvalue weighted by atomic mass is 10.1. The molecule has 0 aliphatic rings. The van der Waals surface area contributed by atoms with E-state index in [2.05, 4.69) is 0 Å². The summed E-state index contributed by atoms with van der Waals surface area (Å²) in [7, 11) is 0.611. The summed E-state index contributed by atoms with van der Waals surface area (Å²) in [6.45, 7) is -0.915. The van der Waals surface area contributed by atoms with Gasteiger partial charge >= 0.3 is 5.51 Å². The summed E-state index contributed by atoms with van der Waals surface area (Å²) >= 11 is -0.740. The zero-order chi connectivity index (χ0) is 14.8. The number of hydrogen-bond donors (Lipinski definition) is 1. The molecular formula is C9H5ClF3NO3S2. The molecule has 0 fully saturated rings. The van der Waals surface area contributed by atoms with Crippen molar-refractivity contribution in [1.29, 1.82) is 5.26 Å². The van der Waals surface area contributed by atoms with E-state index in [1.54, 1.807) is 6.07 Å². The second-order valence-electron chi connectivity index (χ2n) is 3.17. The molecule has 0 bridgehead atoms. The van der Waals surface area contributed by atoms with Crippen LogP contribution < -0.4 is 0 Å². The van der Waals surface area contributed by atoms with Crippen molar-refractivity contribution in [1.82, 2.24) is 0 Å². The van der Waals surface area contributed by atoms with Crippen LogP contribution in [-0.2, 0) is 15.7 Å². The fourth-order valence-corrected chi connectivity index (χ4v) is 3.54. The largest absolute Gasteiger partial charge is 0.446 e. The lowest BCUT2D eigenvalue weighted by Gasteiger charge is -2.14. The second kappa shape index (κ2) is 5.58. The molecule has 0 heterocycles. The molecule has 10 heteroatoms. The Balaban J connectivity index is 3.65. The van der Waals surface area contributed by atoms with Crippen LogP contribution in [0, 0.1) is 11.3 Å². The van der Waals surface area contributed by atoms with Crippen LogP contribution in [0.2, 0.25) is 0 Å². The molecular weight excluding hydrogens is 327 g/mol. The van der Waals surface area contributed by atoms with E-state index in [1.807, 2.05) is 0 Å². The molecule has 0 saturated heterocycles. The molecule has 0 spiro atoms. The number of halogens is 4. The first-order valence-electron chi connectivity index (χ1n) is 4.47. The Bertz CT molecular complexity index is 637. The van der Waals surface area contributed by atoms with Crippen LogP contribution in [-0.4, -0.2) is 19.0 Å². The van der Waals surface area contributed by atoms with E-state index < -0.39 is 48.3 Å². The SMILES string of the molecule is N#Cc1ccc(S(=O)(=O)Cl)c(SC(F)(F)F)c1CO. The van der Waals surface area contributed by atoms with Gasteiger partial charge in [0.2, 0.25) is 0 Å². The van der Waals surface area contributed by atoms with E-state index in [4.69, 9.17) is 21.1 Å². The normalized spacial score (nSPS) is 12.2. The highest BCUT2D eigenvalue weighted by Crippen LogP contribution is 2.43. The molecule has 0 amide bonds. The molecule has 19 heavy (non-hydrogen) atoms. The summed E-state index contributed by atoms with van der Waals surface area (Å²) in [6.07, 6.45) is 0. The zero-order valence-corrected chi connectivity index (χ0v) is 11.3. The van der Waals surface area contributed by atoms with E-state index in [9.17, 15) is 21.6 Å². The van der Waals surface area contributed by atoms with Gasteiger partial charge in [-0.15, -0.1) is 0 Å². The van der Waals surface area contributed by atoms with Crippen LogP contribution >= 0.6 is 22.4 Å². The smallest absolute Gasteiger partial charge is 0.392 e. The van der Waals surface area contributed by atoms with E-state index >= 15 is 0 Å². The lowest BCUT2D eigenvalue weighted by molar-refractivity contribution is -0.0329. The molecule has 0 aliphatic carbocycles. The topological polar surface area (TPSA) is 78.2 Å². The van der Waals surface area contributed by atoms with E-state index in [-0.39, 0.29) is 5.56 Å². The molecule has 0 aliphatic heterocycles. The fraction of sp³-hybridized carbons (Fsp3) is 0.222. The minimum atomic E-state index is -4.78. The van der Waals surface area contributed by atoms with Gasteiger partial charge in [-0.1, -0.05) is 0 Å². The van der Waals surface area contributed by atoms with Gasteiger partial charge in [-0.05, 0) is 23.9 Å². The summed E-state index contributed by atoms with van der Waals surface area (Å²) < 4.78 is 59.7. The predicted octanol–water partition coefficient (Wildman–Crippen LogP) is 2.59. The van der Waals surface area contributed by atoms with E-state index in [1.165, 1.54) is 0 Å². The maximum absolute atomic E-state index is 12.4. The molecule has 1 aromatic rings. The van der Waals surface area contributed by atoms with Crippen LogP contribution in [0.5, 0.6) is 0 Å². The van der Waals surface area contributed by atoms with Crippen LogP contribution in [0.3, 0.4) is 0 Å². The number of thioether (sulfide) groups is 1. The van der Waals surface area contributed by atoms with Gasteiger partial charge in [0.15, 0.2) is 0 Å². The van der Waals surface area contributed by atoms with Crippen molar-refractivity contribution < 1.29 is 26.7 Å². The number of hydrogen-bond acceptors (Lipinski definition) is 5. The average molecular weight is 332 g/mol. The highest BCUT2D eigenvalue weighted by molar-refractivity contribution is 8.14.